The summed E-state index contributed by atoms with van der Waals surface area (Å²) in [5, 5.41) is 5.47. The smallest absolute Gasteiger partial charge is 0.338 e. The summed E-state index contributed by atoms with van der Waals surface area (Å²) < 4.78 is 4.93. The minimum Gasteiger partial charge on any atom is -0.462 e. The maximum Gasteiger partial charge on any atom is 0.338 e. The van der Waals surface area contributed by atoms with Crippen LogP contribution in [0.25, 0.3) is 0 Å². The zero-order chi connectivity index (χ0) is 21.7. The summed E-state index contributed by atoms with van der Waals surface area (Å²) in [5.41, 5.74) is 2.14. The summed E-state index contributed by atoms with van der Waals surface area (Å²) in [6.45, 7) is 3.68. The third kappa shape index (κ3) is 5.02. The van der Waals surface area contributed by atoms with Crippen LogP contribution in [0.4, 0.5) is 17.1 Å². The molecule has 1 heterocycles. The molecule has 8 heteroatoms. The van der Waals surface area contributed by atoms with Gasteiger partial charge in [0, 0.05) is 37.0 Å². The molecule has 1 aliphatic rings. The molecule has 2 N–H and O–H groups in total. The van der Waals surface area contributed by atoms with Crippen molar-refractivity contribution >= 4 is 40.8 Å². The highest BCUT2D eigenvalue weighted by Gasteiger charge is 2.35. The van der Waals surface area contributed by atoms with Gasteiger partial charge >= 0.3 is 5.97 Å². The van der Waals surface area contributed by atoms with Gasteiger partial charge < -0.3 is 20.3 Å². The highest BCUT2D eigenvalue weighted by atomic mass is 16.5. The molecule has 0 saturated carbocycles. The fourth-order valence-electron chi connectivity index (χ4n) is 3.24. The van der Waals surface area contributed by atoms with Crippen molar-refractivity contribution < 1.29 is 23.9 Å². The molecule has 0 unspecified atom stereocenters. The van der Waals surface area contributed by atoms with Crippen molar-refractivity contribution in [2.45, 2.75) is 20.3 Å². The molecular formula is C22H23N3O5. The minimum absolute atomic E-state index is 0.0944. The first-order valence-electron chi connectivity index (χ1n) is 9.63. The van der Waals surface area contributed by atoms with Crippen molar-refractivity contribution in [2.75, 3.05) is 28.7 Å². The molecule has 0 spiro atoms. The number of ether oxygens (including phenoxy) is 1. The molecule has 2 aromatic rings. The van der Waals surface area contributed by atoms with Gasteiger partial charge in [-0.25, -0.2) is 4.79 Å². The van der Waals surface area contributed by atoms with Gasteiger partial charge in [0.05, 0.1) is 18.1 Å². The van der Waals surface area contributed by atoms with Crippen molar-refractivity contribution in [3.05, 3.63) is 54.1 Å². The SMILES string of the molecule is CCOC(=O)c1ccc(NC(=O)[C@H]2CC(=O)N(c3cccc(NC(C)=O)c3)C2)cc1. The number of carbonyl (C=O) groups excluding carboxylic acids is 4. The van der Waals surface area contributed by atoms with E-state index in [2.05, 4.69) is 10.6 Å². The largest absolute Gasteiger partial charge is 0.462 e. The topological polar surface area (TPSA) is 105 Å². The first-order valence-corrected chi connectivity index (χ1v) is 9.63. The first-order chi connectivity index (χ1) is 14.4. The Balaban J connectivity index is 1.64. The lowest BCUT2D eigenvalue weighted by Crippen LogP contribution is -2.28. The molecular weight excluding hydrogens is 386 g/mol. The van der Waals surface area contributed by atoms with Crippen molar-refractivity contribution in [1.82, 2.24) is 0 Å². The van der Waals surface area contributed by atoms with Crippen LogP contribution in [-0.4, -0.2) is 36.8 Å². The van der Waals surface area contributed by atoms with Crippen LogP contribution in [0.15, 0.2) is 48.5 Å². The molecule has 1 atom stereocenters. The first kappa shape index (κ1) is 21.0. The summed E-state index contributed by atoms with van der Waals surface area (Å²) >= 11 is 0. The standard InChI is InChI=1S/C22H23N3O5/c1-3-30-22(29)15-7-9-17(10-8-15)24-21(28)16-11-20(27)25(13-16)19-6-4-5-18(12-19)23-14(2)26/h4-10,12,16H,3,11,13H2,1-2H3,(H,23,26)(H,24,28)/t16-/m0/s1. The lowest BCUT2D eigenvalue weighted by molar-refractivity contribution is -0.122. The van der Waals surface area contributed by atoms with E-state index < -0.39 is 11.9 Å². The molecule has 0 aromatic heterocycles. The van der Waals surface area contributed by atoms with Crippen molar-refractivity contribution in [2.24, 2.45) is 5.92 Å². The Morgan fingerprint density at radius 1 is 1.07 bits per heavy atom. The Morgan fingerprint density at radius 2 is 1.80 bits per heavy atom. The number of anilines is 3. The van der Waals surface area contributed by atoms with Crippen molar-refractivity contribution in [1.29, 1.82) is 0 Å². The van der Waals surface area contributed by atoms with Gasteiger partial charge in [0.1, 0.15) is 0 Å². The molecule has 8 nitrogen and oxygen atoms in total. The third-order valence-electron chi connectivity index (χ3n) is 4.64. The number of nitrogens with zero attached hydrogens (tertiary/aromatic N) is 1. The zero-order valence-electron chi connectivity index (χ0n) is 16.8. The molecule has 30 heavy (non-hydrogen) atoms. The molecule has 0 radical (unpaired) electrons. The molecule has 1 aliphatic heterocycles. The average Bonchev–Trinajstić information content (AvgIpc) is 3.10. The van der Waals surface area contributed by atoms with E-state index >= 15 is 0 Å². The second-order valence-electron chi connectivity index (χ2n) is 6.92. The number of amides is 3. The quantitative estimate of drug-likeness (QED) is 0.714. The number of hydrogen-bond acceptors (Lipinski definition) is 5. The molecule has 156 valence electrons. The van der Waals surface area contributed by atoms with Crippen LogP contribution in [0.2, 0.25) is 0 Å². The average molecular weight is 409 g/mol. The van der Waals surface area contributed by atoms with Gasteiger partial charge in [-0.3, -0.25) is 14.4 Å². The predicted octanol–water partition coefficient (Wildman–Crippen LogP) is 2.81. The molecule has 3 rings (SSSR count). The number of esters is 1. The normalized spacial score (nSPS) is 15.6. The maximum absolute atomic E-state index is 12.6. The zero-order valence-corrected chi connectivity index (χ0v) is 16.8. The van der Waals surface area contributed by atoms with Crippen LogP contribution >= 0.6 is 0 Å². The van der Waals surface area contributed by atoms with Crippen molar-refractivity contribution in [3.63, 3.8) is 0 Å². The summed E-state index contributed by atoms with van der Waals surface area (Å²) in [6, 6.07) is 13.3. The van der Waals surface area contributed by atoms with Gasteiger partial charge in [-0.15, -0.1) is 0 Å². The summed E-state index contributed by atoms with van der Waals surface area (Å²) in [6.07, 6.45) is 0.0944. The van der Waals surface area contributed by atoms with E-state index in [1.54, 1.807) is 60.4 Å². The van der Waals surface area contributed by atoms with Crippen LogP contribution in [0.5, 0.6) is 0 Å². The van der Waals surface area contributed by atoms with Gasteiger partial charge in [0.25, 0.3) is 0 Å². The number of rotatable bonds is 6. The van der Waals surface area contributed by atoms with Crippen LogP contribution in [0.3, 0.4) is 0 Å². The lowest BCUT2D eigenvalue weighted by atomic mass is 10.1. The highest BCUT2D eigenvalue weighted by Crippen LogP contribution is 2.28. The molecule has 1 fully saturated rings. The van der Waals surface area contributed by atoms with Gasteiger partial charge in [0.15, 0.2) is 0 Å². The van der Waals surface area contributed by atoms with E-state index in [1.807, 2.05) is 0 Å². The van der Waals surface area contributed by atoms with Crippen LogP contribution in [0, 0.1) is 5.92 Å². The third-order valence-corrected chi connectivity index (χ3v) is 4.64. The molecule has 3 amide bonds. The van der Waals surface area contributed by atoms with E-state index in [1.165, 1.54) is 6.92 Å². The Labute approximate surface area is 174 Å². The molecule has 0 aliphatic carbocycles. The fourth-order valence-corrected chi connectivity index (χ4v) is 3.24. The number of carbonyl (C=O) groups is 4. The lowest BCUT2D eigenvalue weighted by Gasteiger charge is -2.18. The van der Waals surface area contributed by atoms with Crippen molar-refractivity contribution in [3.8, 4) is 0 Å². The van der Waals surface area contributed by atoms with E-state index in [0.717, 1.165) is 0 Å². The van der Waals surface area contributed by atoms with Crippen LogP contribution < -0.4 is 15.5 Å². The van der Waals surface area contributed by atoms with Gasteiger partial charge in [0.2, 0.25) is 17.7 Å². The fraction of sp³-hybridized carbons (Fsp3) is 0.273. The number of nitrogens with one attached hydrogen (secondary N) is 2. The van der Waals surface area contributed by atoms with E-state index in [-0.39, 0.29) is 37.3 Å². The molecule has 0 bridgehead atoms. The van der Waals surface area contributed by atoms with E-state index in [4.69, 9.17) is 4.74 Å². The highest BCUT2D eigenvalue weighted by molar-refractivity contribution is 6.04. The van der Waals surface area contributed by atoms with Gasteiger partial charge in [-0.1, -0.05) is 6.07 Å². The maximum atomic E-state index is 12.6. The van der Waals surface area contributed by atoms with Crippen LogP contribution in [-0.2, 0) is 19.1 Å². The second-order valence-corrected chi connectivity index (χ2v) is 6.92. The number of hydrogen-bond donors (Lipinski definition) is 2. The van der Waals surface area contributed by atoms with E-state index in [9.17, 15) is 19.2 Å². The molecule has 1 saturated heterocycles. The second kappa shape index (κ2) is 9.21. The van der Waals surface area contributed by atoms with Gasteiger partial charge in [-0.05, 0) is 49.4 Å². The predicted molar refractivity (Wildman–Crippen MR) is 112 cm³/mol. The summed E-state index contributed by atoms with van der Waals surface area (Å²) in [4.78, 5) is 49.6. The Kier molecular flexibility index (Phi) is 6.46. The Bertz CT molecular complexity index is 971. The minimum atomic E-state index is -0.508. The molecule has 2 aromatic carbocycles. The Morgan fingerprint density at radius 3 is 2.47 bits per heavy atom. The van der Waals surface area contributed by atoms with Gasteiger partial charge in [-0.2, -0.15) is 0 Å². The summed E-state index contributed by atoms with van der Waals surface area (Å²) in [5.74, 6) is -1.56. The Hall–Kier alpha value is -3.68. The monoisotopic (exact) mass is 409 g/mol. The van der Waals surface area contributed by atoms with E-state index in [0.29, 0.717) is 22.6 Å². The summed E-state index contributed by atoms with van der Waals surface area (Å²) in [7, 11) is 0. The van der Waals surface area contributed by atoms with Crippen LogP contribution in [0.1, 0.15) is 30.6 Å². The number of benzene rings is 2.